The van der Waals surface area contributed by atoms with Crippen molar-refractivity contribution in [2.45, 2.75) is 19.4 Å². The van der Waals surface area contributed by atoms with E-state index < -0.39 is 0 Å². The Hall–Kier alpha value is -1.99. The van der Waals surface area contributed by atoms with Gasteiger partial charge < -0.3 is 10.0 Å². The van der Waals surface area contributed by atoms with E-state index >= 15 is 0 Å². The van der Waals surface area contributed by atoms with E-state index in [1.54, 1.807) is 17.0 Å². The predicted octanol–water partition coefficient (Wildman–Crippen LogP) is 1.22. The molecule has 1 saturated heterocycles. The third-order valence-corrected chi connectivity index (χ3v) is 4.31. The highest BCUT2D eigenvalue weighted by atomic mass is 35.5. The number of hydrogen-bond acceptors (Lipinski definition) is 5. The second-order valence-corrected chi connectivity index (χ2v) is 6.09. The van der Waals surface area contributed by atoms with Crippen LogP contribution in [0.25, 0.3) is 11.4 Å². The van der Waals surface area contributed by atoms with E-state index in [0.29, 0.717) is 29.9 Å². The van der Waals surface area contributed by atoms with Crippen LogP contribution in [0, 0.1) is 5.92 Å². The van der Waals surface area contributed by atoms with E-state index in [9.17, 15) is 4.79 Å². The van der Waals surface area contributed by atoms with Crippen LogP contribution in [0.5, 0.6) is 0 Å². The Morgan fingerprint density at radius 2 is 1.96 bits per heavy atom. The van der Waals surface area contributed by atoms with Gasteiger partial charge in [0.2, 0.25) is 11.7 Å². The van der Waals surface area contributed by atoms with E-state index in [-0.39, 0.29) is 19.1 Å². The van der Waals surface area contributed by atoms with Gasteiger partial charge in [0.05, 0.1) is 0 Å². The summed E-state index contributed by atoms with van der Waals surface area (Å²) in [5.41, 5.74) is 0.803. The van der Waals surface area contributed by atoms with Gasteiger partial charge in [-0.2, -0.15) is 4.80 Å². The SMILES string of the molecule is O=C(Cn1nnc(-c2ccc(Cl)cc2)n1)N1CCC(CO)CC1. The van der Waals surface area contributed by atoms with Gasteiger partial charge in [0, 0.05) is 30.3 Å². The first-order valence-electron chi connectivity index (χ1n) is 7.58. The van der Waals surface area contributed by atoms with E-state index in [1.165, 1.54) is 4.80 Å². The number of likely N-dealkylation sites (tertiary alicyclic amines) is 1. The average molecular weight is 336 g/mol. The number of aliphatic hydroxyl groups excluding tert-OH is 1. The maximum absolute atomic E-state index is 12.3. The lowest BCUT2D eigenvalue weighted by atomic mass is 9.98. The molecule has 0 aliphatic carbocycles. The van der Waals surface area contributed by atoms with Gasteiger partial charge in [-0.25, -0.2) is 0 Å². The Bertz CT molecular complexity index is 665. The lowest BCUT2D eigenvalue weighted by Crippen LogP contribution is -2.41. The monoisotopic (exact) mass is 335 g/mol. The fourth-order valence-corrected chi connectivity index (χ4v) is 2.74. The Morgan fingerprint density at radius 3 is 2.61 bits per heavy atom. The van der Waals surface area contributed by atoms with Crippen LogP contribution >= 0.6 is 11.6 Å². The van der Waals surface area contributed by atoms with Crippen molar-refractivity contribution in [1.29, 1.82) is 0 Å². The number of carbonyl (C=O) groups excluding carboxylic acids is 1. The minimum atomic E-state index is -0.0264. The zero-order valence-electron chi connectivity index (χ0n) is 12.6. The third-order valence-electron chi connectivity index (χ3n) is 4.06. The molecule has 0 unspecified atom stereocenters. The molecule has 2 aromatic rings. The number of rotatable bonds is 4. The molecule has 0 bridgehead atoms. The summed E-state index contributed by atoms with van der Waals surface area (Å²) in [6.45, 7) is 1.60. The highest BCUT2D eigenvalue weighted by Gasteiger charge is 2.23. The van der Waals surface area contributed by atoms with Crippen LogP contribution in [0.2, 0.25) is 5.02 Å². The average Bonchev–Trinajstić information content (AvgIpc) is 3.04. The number of carbonyl (C=O) groups is 1. The molecule has 8 heteroatoms. The van der Waals surface area contributed by atoms with Gasteiger partial charge in [0.25, 0.3) is 0 Å². The summed E-state index contributed by atoms with van der Waals surface area (Å²) in [6.07, 6.45) is 1.67. The number of aromatic nitrogens is 4. The topological polar surface area (TPSA) is 84.1 Å². The molecular formula is C15H18ClN5O2. The molecule has 0 atom stereocenters. The van der Waals surface area contributed by atoms with Gasteiger partial charge in [-0.1, -0.05) is 11.6 Å². The quantitative estimate of drug-likeness (QED) is 0.908. The molecule has 2 heterocycles. The van der Waals surface area contributed by atoms with Crippen LogP contribution in [-0.4, -0.2) is 55.8 Å². The summed E-state index contributed by atoms with van der Waals surface area (Å²) in [5, 5.41) is 21.9. The van der Waals surface area contributed by atoms with E-state index in [4.69, 9.17) is 16.7 Å². The first-order valence-corrected chi connectivity index (χ1v) is 7.96. The van der Waals surface area contributed by atoms with Crippen LogP contribution in [0.3, 0.4) is 0 Å². The van der Waals surface area contributed by atoms with E-state index in [0.717, 1.165) is 18.4 Å². The molecule has 1 aliphatic heterocycles. The van der Waals surface area contributed by atoms with Crippen LogP contribution in [0.4, 0.5) is 0 Å². The van der Waals surface area contributed by atoms with Crippen LogP contribution in [-0.2, 0) is 11.3 Å². The minimum Gasteiger partial charge on any atom is -0.396 e. The first kappa shape index (κ1) is 15.9. The highest BCUT2D eigenvalue weighted by molar-refractivity contribution is 6.30. The van der Waals surface area contributed by atoms with Gasteiger partial charge in [0.1, 0.15) is 6.54 Å². The van der Waals surface area contributed by atoms with Gasteiger partial charge in [-0.15, -0.1) is 10.2 Å². The second-order valence-electron chi connectivity index (χ2n) is 5.66. The third kappa shape index (κ3) is 3.86. The van der Waals surface area contributed by atoms with E-state index in [1.807, 2.05) is 12.1 Å². The molecule has 23 heavy (non-hydrogen) atoms. The minimum absolute atomic E-state index is 0.0264. The molecule has 7 nitrogen and oxygen atoms in total. The fourth-order valence-electron chi connectivity index (χ4n) is 2.61. The van der Waals surface area contributed by atoms with Crippen molar-refractivity contribution >= 4 is 17.5 Å². The number of hydrogen-bond donors (Lipinski definition) is 1. The smallest absolute Gasteiger partial charge is 0.246 e. The summed E-state index contributed by atoms with van der Waals surface area (Å²) in [6, 6.07) is 7.14. The van der Waals surface area contributed by atoms with E-state index in [2.05, 4.69) is 15.4 Å². The number of tetrazole rings is 1. The zero-order valence-corrected chi connectivity index (χ0v) is 13.4. The molecule has 1 N–H and O–H groups in total. The van der Waals surface area contributed by atoms with Crippen molar-refractivity contribution in [2.75, 3.05) is 19.7 Å². The van der Waals surface area contributed by atoms with Crippen molar-refractivity contribution in [1.82, 2.24) is 25.1 Å². The Morgan fingerprint density at radius 1 is 1.26 bits per heavy atom. The molecule has 3 rings (SSSR count). The number of halogens is 1. The number of amides is 1. The summed E-state index contributed by atoms with van der Waals surface area (Å²) in [4.78, 5) is 15.4. The highest BCUT2D eigenvalue weighted by Crippen LogP contribution is 2.18. The number of benzene rings is 1. The largest absolute Gasteiger partial charge is 0.396 e. The summed E-state index contributed by atoms with van der Waals surface area (Å²) >= 11 is 5.85. The first-order chi connectivity index (χ1) is 11.2. The fraction of sp³-hybridized carbons (Fsp3) is 0.467. The maximum Gasteiger partial charge on any atom is 0.246 e. The molecule has 1 fully saturated rings. The Kier molecular flexibility index (Phi) is 4.88. The predicted molar refractivity (Wildman–Crippen MR) is 84.7 cm³/mol. The molecule has 1 amide bonds. The molecule has 0 radical (unpaired) electrons. The standard InChI is InChI=1S/C15H18ClN5O2/c16-13-3-1-12(2-4-13)15-17-19-21(18-15)9-14(23)20-7-5-11(10-22)6-8-20/h1-4,11,22H,5-10H2. The van der Waals surface area contributed by atoms with Gasteiger partial charge >= 0.3 is 0 Å². The van der Waals surface area contributed by atoms with Gasteiger partial charge in [-0.3, -0.25) is 4.79 Å². The molecule has 1 aromatic heterocycles. The van der Waals surface area contributed by atoms with Crippen molar-refractivity contribution in [2.24, 2.45) is 5.92 Å². The van der Waals surface area contributed by atoms with Crippen LogP contribution in [0.1, 0.15) is 12.8 Å². The summed E-state index contributed by atoms with van der Waals surface area (Å²) in [5.74, 6) is 0.745. The lowest BCUT2D eigenvalue weighted by molar-refractivity contribution is -0.133. The van der Waals surface area contributed by atoms with Crippen molar-refractivity contribution in [3.63, 3.8) is 0 Å². The summed E-state index contributed by atoms with van der Waals surface area (Å²) in [7, 11) is 0. The van der Waals surface area contributed by atoms with Gasteiger partial charge in [-0.05, 0) is 48.2 Å². The van der Waals surface area contributed by atoms with Crippen molar-refractivity contribution in [3.8, 4) is 11.4 Å². The second kappa shape index (κ2) is 7.06. The number of nitrogens with zero attached hydrogens (tertiary/aromatic N) is 5. The summed E-state index contributed by atoms with van der Waals surface area (Å²) < 4.78 is 0. The number of piperidine rings is 1. The zero-order chi connectivity index (χ0) is 16.2. The maximum atomic E-state index is 12.3. The van der Waals surface area contributed by atoms with Crippen molar-refractivity contribution in [3.05, 3.63) is 29.3 Å². The molecule has 1 aliphatic rings. The Balaban J connectivity index is 1.60. The lowest BCUT2D eigenvalue weighted by Gasteiger charge is -2.30. The Labute approximate surface area is 138 Å². The normalized spacial score (nSPS) is 15.8. The molecule has 0 spiro atoms. The number of aliphatic hydroxyl groups is 1. The van der Waals surface area contributed by atoms with Crippen molar-refractivity contribution < 1.29 is 9.90 Å². The molecule has 1 aromatic carbocycles. The molecule has 122 valence electrons. The molecule has 0 saturated carbocycles. The van der Waals surface area contributed by atoms with Gasteiger partial charge in [0.15, 0.2) is 0 Å². The van der Waals surface area contributed by atoms with Crippen LogP contribution < -0.4 is 0 Å². The molecular weight excluding hydrogens is 318 g/mol. The van der Waals surface area contributed by atoms with Crippen LogP contribution in [0.15, 0.2) is 24.3 Å².